The first-order valence-corrected chi connectivity index (χ1v) is 42.0. The van der Waals surface area contributed by atoms with Gasteiger partial charge in [-0.1, -0.05) is 114 Å². The van der Waals surface area contributed by atoms with Crippen LogP contribution in [-0.2, 0) is 33.3 Å². The van der Waals surface area contributed by atoms with Gasteiger partial charge in [-0.25, -0.2) is 29.9 Å². The van der Waals surface area contributed by atoms with Crippen molar-refractivity contribution in [1.29, 1.82) is 0 Å². The van der Waals surface area contributed by atoms with E-state index >= 15 is 0 Å². The molecule has 0 radical (unpaired) electrons. The van der Waals surface area contributed by atoms with Gasteiger partial charge in [0.2, 0.25) is 0 Å². The molecule has 5 aromatic carbocycles. The number of amides is 4. The number of alkyl carbamates (subject to hydrolysis) is 1. The van der Waals surface area contributed by atoms with Crippen molar-refractivity contribution >= 4 is 102 Å². The number of Topliss-reactive ketones (excluding diaryl/α,β-unsaturated/α-hetero) is 1. The predicted molar refractivity (Wildman–Crippen MR) is 536 cm³/mol. The van der Waals surface area contributed by atoms with Gasteiger partial charge in [0.25, 0.3) is 17.7 Å². The van der Waals surface area contributed by atoms with Crippen molar-refractivity contribution < 1.29 is 117 Å². The van der Waals surface area contributed by atoms with Crippen LogP contribution in [-0.4, -0.2) is 178 Å². The summed E-state index contributed by atoms with van der Waals surface area (Å²) in [5.41, 5.74) is 13.7. The Morgan fingerprint density at radius 2 is 0.654 bits per heavy atom. The molecule has 5 aromatic rings. The number of esters is 3. The molecule has 0 saturated heterocycles. The number of hydrogen-bond acceptors (Lipinski definition) is 22. The van der Waals surface area contributed by atoms with Crippen molar-refractivity contribution in [2.75, 3.05) is 48.3 Å². The van der Waals surface area contributed by atoms with Gasteiger partial charge in [-0.15, -0.1) is 48.8 Å². The molecule has 10 rings (SSSR count). The molecule has 17 N–H and O–H groups in total. The predicted octanol–water partition coefficient (Wildman–Crippen LogP) is 8.57. The first-order chi connectivity index (χ1) is 61.3. The molecule has 0 spiro atoms. The number of nitrogens with two attached hydrogens (primary N) is 3. The second-order valence-electron chi connectivity index (χ2n) is 33.3. The van der Waals surface area contributed by atoms with Crippen LogP contribution in [0.5, 0.6) is 0 Å². The SMILES string of the molecule is C.C.CC(C)(N)[C@H](NC(=O)c1ccc(C#CC#C[C@@H]2C[C@H]2CO)cc1)C(=O)CO.CC[C@@H]1C[C@H]1C#CC#Cc1ccc(C(=O)N[C@H](C(=O)OC)C(C)(C)NC(=O)OC(C)(C)C)cc1.CC[C@@H]1C[C@H]1C#CC#Cc1ccc(C(=O)O)cc1.CC[C@@H]1C[C@H]1C#CC#Cc1ccc(C(=O)OC)cc1.CO.COC(=O)[C@@H](NC(=O)c1ccc(C#CC#C[C@@H]2C[C@H]2CO)cc1)C(C)(C)N.Cl.Cl.I.NO.[Li+].[OH-]. The second-order valence-corrected chi connectivity index (χ2v) is 33.3. The van der Waals surface area contributed by atoms with Crippen molar-refractivity contribution in [2.24, 2.45) is 76.5 Å². The van der Waals surface area contributed by atoms with Crippen LogP contribution in [0, 0.1) is 178 Å². The molecule has 0 heterocycles. The molecule has 0 aromatic heterocycles. The Balaban J connectivity index is -0.000000794. The zero-order valence-electron chi connectivity index (χ0n) is 78.7. The molecule has 0 unspecified atom stereocenters. The van der Waals surface area contributed by atoms with Gasteiger partial charge in [0, 0.05) is 105 Å². The number of benzene rings is 5. The van der Waals surface area contributed by atoms with Gasteiger partial charge >= 0.3 is 48.8 Å². The van der Waals surface area contributed by atoms with E-state index in [9.17, 15) is 43.2 Å². The molecule has 4 amide bonds. The number of rotatable bonds is 21. The maximum atomic E-state index is 12.8. The van der Waals surface area contributed by atoms with Crippen LogP contribution >= 0.6 is 48.8 Å². The van der Waals surface area contributed by atoms with Crippen LogP contribution in [0.15, 0.2) is 121 Å². The number of halogens is 3. The maximum absolute atomic E-state index is 12.8. The minimum atomic E-state index is -1.19. The summed E-state index contributed by atoms with van der Waals surface area (Å²) >= 11 is 0. The number of carbonyl (C=O) groups excluding carboxylic acids is 8. The molecule has 5 saturated carbocycles. The Hall–Kier alpha value is -11.5. The Bertz CT molecular complexity index is 5250. The zero-order valence-corrected chi connectivity index (χ0v) is 82.7. The fraction of sp³-hybridized carbons (Fsp3) is 0.438. The van der Waals surface area contributed by atoms with Crippen molar-refractivity contribution in [3.05, 3.63) is 177 Å². The zero-order chi connectivity index (χ0) is 96.2. The fourth-order valence-electron chi connectivity index (χ4n) is 12.0. The number of methoxy groups -OCH3 is 3. The van der Waals surface area contributed by atoms with E-state index in [0.717, 1.165) is 66.9 Å². The molecule has 0 bridgehead atoms. The van der Waals surface area contributed by atoms with E-state index in [0.29, 0.717) is 57.4 Å². The quantitative estimate of drug-likeness (QED) is 0.00816. The molecule has 27 nitrogen and oxygen atoms in total. The fourth-order valence-corrected chi connectivity index (χ4v) is 12.0. The molecular weight excluding hydrogens is 1880 g/mol. The monoisotopic (exact) mass is 2010 g/mol. The molecule has 31 heteroatoms. The molecule has 5 aliphatic carbocycles. The summed E-state index contributed by atoms with van der Waals surface area (Å²) < 4.78 is 19.5. The summed E-state index contributed by atoms with van der Waals surface area (Å²) in [5, 5.41) is 59.7. The van der Waals surface area contributed by atoms with Gasteiger partial charge in [-0.3, -0.25) is 19.2 Å². The van der Waals surface area contributed by atoms with Gasteiger partial charge < -0.3 is 87.9 Å². The van der Waals surface area contributed by atoms with E-state index in [1.807, 2.05) is 0 Å². The van der Waals surface area contributed by atoms with Gasteiger partial charge in [-0.05, 0) is 305 Å². The summed E-state index contributed by atoms with van der Waals surface area (Å²) in [4.78, 5) is 108. The van der Waals surface area contributed by atoms with Gasteiger partial charge in [-0.2, -0.15) is 0 Å². The Morgan fingerprint density at radius 1 is 0.404 bits per heavy atom. The number of aliphatic hydroxyl groups excluding tert-OH is 4. The Labute approximate surface area is 844 Å². The Morgan fingerprint density at radius 3 is 0.882 bits per heavy atom. The molecular formula is C105H131Cl2ILiN7O20. The number of ketones is 1. The van der Waals surface area contributed by atoms with Gasteiger partial charge in [0.05, 0.1) is 38.0 Å². The molecule has 5 fully saturated rings. The van der Waals surface area contributed by atoms with Crippen LogP contribution < -0.4 is 57.5 Å². The molecule has 136 heavy (non-hydrogen) atoms. The molecule has 13 atom stereocenters. The van der Waals surface area contributed by atoms with Crippen LogP contribution in [0.4, 0.5) is 4.79 Å². The minimum absolute atomic E-state index is 0. The van der Waals surface area contributed by atoms with E-state index in [-0.39, 0.29) is 130 Å². The van der Waals surface area contributed by atoms with Crippen LogP contribution in [0.1, 0.15) is 229 Å². The third kappa shape index (κ3) is 48.3. The van der Waals surface area contributed by atoms with E-state index in [1.54, 1.807) is 184 Å². The average Bonchev–Trinajstić information content (AvgIpc) is 1.77. The normalized spacial score (nSPS) is 17.4. The first kappa shape index (κ1) is 131. The van der Waals surface area contributed by atoms with Crippen molar-refractivity contribution in [3.8, 4) is 118 Å². The average molecular weight is 2020 g/mol. The number of carboxylic acids is 1. The van der Waals surface area contributed by atoms with E-state index < -0.39 is 94.5 Å². The second kappa shape index (κ2) is 66.0. The standard InChI is InChI=1S/C27H34N2O5.2C21H24N2O4.C17H16O2.C16H14O2.CH4O.2CH4.2ClH.HI.Li.H3NO.H2O/c1-8-19-17-21(19)12-10-9-11-18-13-15-20(16-14-18)23(30)28-22(24(31)33-7)27(5,6)29-25(32)34-26(2,3)4;1-21(2,22)18(20(26)27-3)23-19(25)15-10-8-14(9-11-15)6-4-5-7-16-12-17(16)13-24;1-21(2,22)19(18(26)13-25)23-20(27)15-9-7-14(8-10-15)5-3-4-6-16-11-17(16)12-24;1-3-14-12-16(14)7-5-4-6-13-8-10-15(11-9-13)17(18)19-2;1-2-13-11-15(13)6-4-3-5-12-7-9-14(10-8-12)16(17)18;1-2;;;;;;;1-2;/h13-16,19,21-22H,8,17H2,1-7H3,(H,28,30)(H,29,32);8-11,16-18,24H,12-13,22H2,1-3H3,(H,23,25);7-10,16-17,19,24-25H,11-13,22H2,1-2H3,(H,23,27);8-11,14,16H,3,12H2,1-2H3;7-10,13,15H,2,11H2,1H3,(H,17,18);2H,1H3;2*1H4;3*1H;;2H,1H2;1H2/q;;;;;;;;;;;+1;;/p-1/t19-,21-,22-;16-,17+,18-;16-,17+,19-;14-,16-;13-,15-;;;;;;;;;/m11111........./s1. The van der Waals surface area contributed by atoms with Crippen molar-refractivity contribution in [2.45, 2.75) is 190 Å². The number of carbonyl (C=O) groups is 9. The maximum Gasteiger partial charge on any atom is 1.00 e. The molecule has 728 valence electrons. The van der Waals surface area contributed by atoms with Crippen LogP contribution in [0.3, 0.4) is 0 Å². The smallest absolute Gasteiger partial charge is 0.870 e. The largest absolute Gasteiger partial charge is 1.00 e. The number of aromatic carboxylic acids is 1. The van der Waals surface area contributed by atoms with Crippen molar-refractivity contribution in [1.82, 2.24) is 21.3 Å². The van der Waals surface area contributed by atoms with E-state index in [4.69, 9.17) is 56.4 Å². The summed E-state index contributed by atoms with van der Waals surface area (Å²) in [6.07, 6.45) is 8.30. The van der Waals surface area contributed by atoms with E-state index in [2.05, 4.69) is 171 Å². The number of hydrogen-bond donors (Lipinski definition) is 13. The number of nitrogens with one attached hydrogen (secondary N) is 4. The third-order valence-electron chi connectivity index (χ3n) is 20.4. The summed E-state index contributed by atoms with van der Waals surface area (Å²) in [5.74, 6) is 62.4. The Kier molecular flexibility index (Phi) is 63.5. The van der Waals surface area contributed by atoms with Gasteiger partial charge in [0.15, 0.2) is 5.78 Å². The van der Waals surface area contributed by atoms with E-state index in [1.165, 1.54) is 47.0 Å². The first-order valence-electron chi connectivity index (χ1n) is 42.0. The number of carboxylic acid groups (broad SMARTS) is 1. The number of ether oxygens (including phenoxy) is 4. The van der Waals surface area contributed by atoms with Crippen LogP contribution in [0.2, 0.25) is 0 Å². The topological polar surface area (TPSA) is 468 Å². The number of aliphatic hydroxyl groups is 4. The summed E-state index contributed by atoms with van der Waals surface area (Å²) in [6.45, 7) is 21.1. The molecule has 0 aliphatic heterocycles. The van der Waals surface area contributed by atoms with Crippen LogP contribution in [0.25, 0.3) is 0 Å². The summed E-state index contributed by atoms with van der Waals surface area (Å²) in [6, 6.07) is 30.3. The third-order valence-corrected chi connectivity index (χ3v) is 20.4. The van der Waals surface area contributed by atoms with Gasteiger partial charge in [0.1, 0.15) is 30.3 Å². The summed E-state index contributed by atoms with van der Waals surface area (Å²) in [7, 11) is 4.83. The minimum Gasteiger partial charge on any atom is -0.870 e. The molecule has 5 aliphatic rings. The van der Waals surface area contributed by atoms with Crippen molar-refractivity contribution in [3.63, 3.8) is 0 Å².